The second kappa shape index (κ2) is 9.45. The summed E-state index contributed by atoms with van der Waals surface area (Å²) in [6.45, 7) is 11.1. The zero-order chi connectivity index (χ0) is 22.8. The zero-order valence-electron chi connectivity index (χ0n) is 19.5. The van der Waals surface area contributed by atoms with Gasteiger partial charge < -0.3 is 4.90 Å². The molecule has 33 heavy (non-hydrogen) atoms. The van der Waals surface area contributed by atoms with Crippen molar-refractivity contribution in [1.29, 1.82) is 0 Å². The number of benzene rings is 2. The molecule has 0 spiro atoms. The third-order valence-corrected chi connectivity index (χ3v) is 7.54. The van der Waals surface area contributed by atoms with Gasteiger partial charge in [-0.2, -0.15) is 0 Å². The molecule has 2 aromatic carbocycles. The summed E-state index contributed by atoms with van der Waals surface area (Å²) in [6.07, 6.45) is 0. The summed E-state index contributed by atoms with van der Waals surface area (Å²) >= 11 is 1.74. The van der Waals surface area contributed by atoms with Crippen molar-refractivity contribution in [2.24, 2.45) is 0 Å². The lowest BCUT2D eigenvalue weighted by molar-refractivity contribution is 0.201. The molecule has 1 saturated heterocycles. The standard InChI is InChI=1S/C26H30N6S/c1-19-9-11-22(12-10-19)25(26-27-28-29-32(26)18-23-7-5-17-33-23)31-15-13-30(14-16-31)24-8-4-6-20(2)21(24)3/h4-12,17,25H,13-16,18H2,1-3H3. The highest BCUT2D eigenvalue weighted by molar-refractivity contribution is 7.09. The molecule has 1 unspecified atom stereocenters. The maximum atomic E-state index is 4.53. The van der Waals surface area contributed by atoms with E-state index in [0.717, 1.165) is 32.0 Å². The minimum absolute atomic E-state index is 0.0290. The van der Waals surface area contributed by atoms with E-state index in [1.807, 2.05) is 4.68 Å². The Hall–Kier alpha value is -3.03. The Morgan fingerprint density at radius 2 is 1.70 bits per heavy atom. The number of nitrogens with zero attached hydrogens (tertiary/aromatic N) is 6. The first-order chi connectivity index (χ1) is 16.1. The van der Waals surface area contributed by atoms with Crippen LogP contribution in [0.2, 0.25) is 0 Å². The van der Waals surface area contributed by atoms with Crippen molar-refractivity contribution in [3.63, 3.8) is 0 Å². The lowest BCUT2D eigenvalue weighted by Gasteiger charge is -2.40. The molecule has 1 aliphatic rings. The van der Waals surface area contributed by atoms with Crippen LogP contribution in [-0.4, -0.2) is 51.3 Å². The summed E-state index contributed by atoms with van der Waals surface area (Å²) in [5, 5.41) is 15.1. The van der Waals surface area contributed by atoms with Crippen molar-refractivity contribution in [1.82, 2.24) is 25.1 Å². The number of aryl methyl sites for hydroxylation is 2. The van der Waals surface area contributed by atoms with Crippen LogP contribution in [0.15, 0.2) is 60.0 Å². The summed E-state index contributed by atoms with van der Waals surface area (Å²) < 4.78 is 1.97. The van der Waals surface area contributed by atoms with Crippen molar-refractivity contribution in [2.45, 2.75) is 33.4 Å². The molecule has 0 aliphatic carbocycles. The van der Waals surface area contributed by atoms with E-state index in [4.69, 9.17) is 0 Å². The van der Waals surface area contributed by atoms with Crippen LogP contribution >= 0.6 is 11.3 Å². The van der Waals surface area contributed by atoms with Gasteiger partial charge in [0.15, 0.2) is 5.82 Å². The van der Waals surface area contributed by atoms with Crippen LogP contribution in [0, 0.1) is 20.8 Å². The number of piperazine rings is 1. The molecule has 0 amide bonds. The Bertz CT molecular complexity index is 1190. The average molecular weight is 459 g/mol. The van der Waals surface area contributed by atoms with Gasteiger partial charge in [0.2, 0.25) is 0 Å². The summed E-state index contributed by atoms with van der Waals surface area (Å²) in [6, 6.07) is 19.7. The summed E-state index contributed by atoms with van der Waals surface area (Å²) in [5.74, 6) is 0.910. The summed E-state index contributed by atoms with van der Waals surface area (Å²) in [5.41, 5.74) is 6.57. The van der Waals surface area contributed by atoms with E-state index in [2.05, 4.69) is 106 Å². The number of rotatable bonds is 6. The number of hydrogen-bond acceptors (Lipinski definition) is 6. The van der Waals surface area contributed by atoms with Gasteiger partial charge >= 0.3 is 0 Å². The lowest BCUT2D eigenvalue weighted by Crippen LogP contribution is -2.48. The Balaban J connectivity index is 1.43. The maximum absolute atomic E-state index is 4.53. The van der Waals surface area contributed by atoms with Gasteiger partial charge in [-0.05, 0) is 65.4 Å². The monoisotopic (exact) mass is 458 g/mol. The minimum Gasteiger partial charge on any atom is -0.369 e. The van der Waals surface area contributed by atoms with E-state index in [0.29, 0.717) is 6.54 Å². The maximum Gasteiger partial charge on any atom is 0.173 e. The lowest BCUT2D eigenvalue weighted by atomic mass is 10.0. The number of tetrazole rings is 1. The van der Waals surface area contributed by atoms with Crippen molar-refractivity contribution < 1.29 is 0 Å². The van der Waals surface area contributed by atoms with E-state index in [1.54, 1.807) is 11.3 Å². The average Bonchev–Trinajstić information content (AvgIpc) is 3.51. The van der Waals surface area contributed by atoms with Crippen molar-refractivity contribution in [2.75, 3.05) is 31.1 Å². The predicted octanol–water partition coefficient (Wildman–Crippen LogP) is 4.62. The second-order valence-electron chi connectivity index (χ2n) is 8.83. The Morgan fingerprint density at radius 3 is 2.42 bits per heavy atom. The van der Waals surface area contributed by atoms with Crippen LogP contribution in [-0.2, 0) is 6.54 Å². The van der Waals surface area contributed by atoms with Gasteiger partial charge in [-0.1, -0.05) is 48.0 Å². The van der Waals surface area contributed by atoms with Crippen LogP contribution in [0.4, 0.5) is 5.69 Å². The van der Waals surface area contributed by atoms with Crippen molar-refractivity contribution in [3.05, 3.63) is 92.9 Å². The molecule has 5 rings (SSSR count). The molecule has 1 atom stereocenters. The molecule has 0 bridgehead atoms. The Kier molecular flexibility index (Phi) is 6.24. The van der Waals surface area contributed by atoms with Gasteiger partial charge in [0.25, 0.3) is 0 Å². The highest BCUT2D eigenvalue weighted by Gasteiger charge is 2.31. The van der Waals surface area contributed by atoms with E-state index in [1.165, 1.54) is 32.8 Å². The van der Waals surface area contributed by atoms with Gasteiger partial charge in [-0.3, -0.25) is 4.90 Å². The molecule has 0 radical (unpaired) electrons. The first-order valence-electron chi connectivity index (χ1n) is 11.5. The zero-order valence-corrected chi connectivity index (χ0v) is 20.3. The first-order valence-corrected chi connectivity index (χ1v) is 12.4. The van der Waals surface area contributed by atoms with Gasteiger partial charge in [-0.25, -0.2) is 4.68 Å². The predicted molar refractivity (Wildman–Crippen MR) is 134 cm³/mol. The minimum atomic E-state index is 0.0290. The van der Waals surface area contributed by atoms with Gasteiger partial charge in [-0.15, -0.1) is 16.4 Å². The fourth-order valence-electron chi connectivity index (χ4n) is 4.64. The first kappa shape index (κ1) is 21.8. The summed E-state index contributed by atoms with van der Waals surface area (Å²) in [4.78, 5) is 6.30. The molecular weight excluding hydrogens is 428 g/mol. The fraction of sp³-hybridized carbons (Fsp3) is 0.346. The van der Waals surface area contributed by atoms with Gasteiger partial charge in [0.1, 0.15) is 0 Å². The number of hydrogen-bond donors (Lipinski definition) is 0. The molecule has 4 aromatic rings. The topological polar surface area (TPSA) is 50.1 Å². The van der Waals surface area contributed by atoms with E-state index in [9.17, 15) is 0 Å². The molecule has 0 saturated carbocycles. The third-order valence-electron chi connectivity index (χ3n) is 6.68. The van der Waals surface area contributed by atoms with Crippen LogP contribution in [0.3, 0.4) is 0 Å². The van der Waals surface area contributed by atoms with Crippen LogP contribution in [0.1, 0.15) is 39.0 Å². The SMILES string of the molecule is Cc1ccc(C(c2nnnn2Cc2cccs2)N2CCN(c3cccc(C)c3C)CC2)cc1. The molecule has 0 N–H and O–H groups in total. The van der Waals surface area contributed by atoms with Crippen LogP contribution < -0.4 is 4.90 Å². The van der Waals surface area contributed by atoms with Crippen LogP contribution in [0.25, 0.3) is 0 Å². The number of aromatic nitrogens is 4. The molecular formula is C26H30N6S. The smallest absolute Gasteiger partial charge is 0.173 e. The molecule has 170 valence electrons. The highest BCUT2D eigenvalue weighted by atomic mass is 32.1. The number of anilines is 1. The Labute approximate surface area is 199 Å². The number of thiophene rings is 1. The van der Waals surface area contributed by atoms with Crippen molar-refractivity contribution >= 4 is 17.0 Å². The molecule has 1 aliphatic heterocycles. The van der Waals surface area contributed by atoms with E-state index < -0.39 is 0 Å². The van der Waals surface area contributed by atoms with Crippen LogP contribution in [0.5, 0.6) is 0 Å². The van der Waals surface area contributed by atoms with E-state index >= 15 is 0 Å². The van der Waals surface area contributed by atoms with Crippen molar-refractivity contribution in [3.8, 4) is 0 Å². The summed E-state index contributed by atoms with van der Waals surface area (Å²) in [7, 11) is 0. The fourth-order valence-corrected chi connectivity index (χ4v) is 5.33. The molecule has 2 aromatic heterocycles. The molecule has 3 heterocycles. The normalized spacial score (nSPS) is 15.7. The molecule has 1 fully saturated rings. The highest BCUT2D eigenvalue weighted by Crippen LogP contribution is 2.31. The van der Waals surface area contributed by atoms with Gasteiger partial charge in [0, 0.05) is 36.7 Å². The Morgan fingerprint density at radius 1 is 0.909 bits per heavy atom. The largest absolute Gasteiger partial charge is 0.369 e. The molecule has 7 heteroatoms. The second-order valence-corrected chi connectivity index (χ2v) is 9.86. The molecule has 6 nitrogen and oxygen atoms in total. The van der Waals surface area contributed by atoms with E-state index in [-0.39, 0.29) is 6.04 Å². The van der Waals surface area contributed by atoms with Gasteiger partial charge in [0.05, 0.1) is 12.6 Å². The third kappa shape index (κ3) is 4.56. The quantitative estimate of drug-likeness (QED) is 0.422.